The van der Waals surface area contributed by atoms with E-state index in [1.54, 1.807) is 0 Å². The molecule has 2 aliphatic heterocycles. The van der Waals surface area contributed by atoms with Gasteiger partial charge in [-0.15, -0.1) is 0 Å². The molecule has 1 N–H and O–H groups in total. The quantitative estimate of drug-likeness (QED) is 0.800. The summed E-state index contributed by atoms with van der Waals surface area (Å²) in [6, 6.07) is 14.3. The first kappa shape index (κ1) is 20.9. The van der Waals surface area contributed by atoms with Crippen molar-refractivity contribution in [2.75, 3.05) is 39.3 Å². The van der Waals surface area contributed by atoms with E-state index in [0.29, 0.717) is 19.5 Å². The number of fused-ring (bicyclic) bond motifs is 1. The van der Waals surface area contributed by atoms with Crippen molar-refractivity contribution in [2.45, 2.75) is 38.5 Å². The third kappa shape index (κ3) is 5.20. The van der Waals surface area contributed by atoms with Gasteiger partial charge in [0.15, 0.2) is 0 Å². The van der Waals surface area contributed by atoms with Crippen LogP contribution in [-0.2, 0) is 16.0 Å². The van der Waals surface area contributed by atoms with Gasteiger partial charge in [-0.1, -0.05) is 48.9 Å². The third-order valence-electron chi connectivity index (χ3n) is 6.54. The van der Waals surface area contributed by atoms with Crippen LogP contribution >= 0.6 is 0 Å². The standard InChI is InChI=1S/C25H33N3O2/c29-24(18-21-10-6-9-20-8-2-3-12-23(20)21)28-16-7-11-22(19-28)25(30)26-13-17-27-14-4-1-5-15-27/h2-3,6,8-10,12,22H,1,4-5,7,11,13-19H2,(H,26,30). The van der Waals surface area contributed by atoms with Crippen LogP contribution in [0.5, 0.6) is 0 Å². The SMILES string of the molecule is O=C(NCCN1CCCCC1)C1CCCN(C(=O)Cc2cccc3ccccc23)C1. The molecule has 2 amide bonds. The van der Waals surface area contributed by atoms with Crippen LogP contribution in [0.3, 0.4) is 0 Å². The van der Waals surface area contributed by atoms with Crippen LogP contribution in [0, 0.1) is 5.92 Å². The van der Waals surface area contributed by atoms with Gasteiger partial charge in [-0.2, -0.15) is 0 Å². The van der Waals surface area contributed by atoms with E-state index in [0.717, 1.165) is 55.4 Å². The highest BCUT2D eigenvalue weighted by atomic mass is 16.2. The van der Waals surface area contributed by atoms with Crippen LogP contribution < -0.4 is 5.32 Å². The van der Waals surface area contributed by atoms with Crippen molar-refractivity contribution in [1.29, 1.82) is 0 Å². The van der Waals surface area contributed by atoms with Crippen molar-refractivity contribution in [3.05, 3.63) is 48.0 Å². The molecule has 5 nitrogen and oxygen atoms in total. The van der Waals surface area contributed by atoms with Crippen LogP contribution in [0.25, 0.3) is 10.8 Å². The number of likely N-dealkylation sites (tertiary alicyclic amines) is 2. The molecule has 160 valence electrons. The van der Waals surface area contributed by atoms with E-state index in [9.17, 15) is 9.59 Å². The van der Waals surface area contributed by atoms with Gasteiger partial charge >= 0.3 is 0 Å². The number of rotatable bonds is 6. The third-order valence-corrected chi connectivity index (χ3v) is 6.54. The molecule has 2 aromatic carbocycles. The minimum Gasteiger partial charge on any atom is -0.355 e. The number of nitrogens with one attached hydrogen (secondary N) is 1. The molecule has 30 heavy (non-hydrogen) atoms. The molecule has 0 bridgehead atoms. The van der Waals surface area contributed by atoms with Crippen LogP contribution in [0.1, 0.15) is 37.7 Å². The van der Waals surface area contributed by atoms with Crippen molar-refractivity contribution in [2.24, 2.45) is 5.92 Å². The zero-order chi connectivity index (χ0) is 20.8. The Balaban J connectivity index is 1.29. The second-order valence-electron chi connectivity index (χ2n) is 8.69. The summed E-state index contributed by atoms with van der Waals surface area (Å²) in [4.78, 5) is 30.0. The van der Waals surface area contributed by atoms with Gasteiger partial charge < -0.3 is 15.1 Å². The topological polar surface area (TPSA) is 52.7 Å². The zero-order valence-electron chi connectivity index (χ0n) is 17.8. The second kappa shape index (κ2) is 10.1. The van der Waals surface area contributed by atoms with E-state index in [1.807, 2.05) is 29.2 Å². The molecule has 1 atom stereocenters. The molecule has 0 aliphatic carbocycles. The summed E-state index contributed by atoms with van der Waals surface area (Å²) in [5.41, 5.74) is 1.06. The van der Waals surface area contributed by atoms with Gasteiger partial charge in [0.1, 0.15) is 0 Å². The van der Waals surface area contributed by atoms with E-state index >= 15 is 0 Å². The van der Waals surface area contributed by atoms with E-state index in [4.69, 9.17) is 0 Å². The Hall–Kier alpha value is -2.40. The molecule has 0 saturated carbocycles. The first-order valence-electron chi connectivity index (χ1n) is 11.5. The normalized spacial score (nSPS) is 20.3. The van der Waals surface area contributed by atoms with Crippen molar-refractivity contribution in [3.63, 3.8) is 0 Å². The lowest BCUT2D eigenvalue weighted by Crippen LogP contribution is -2.47. The molecule has 2 aliphatic rings. The van der Waals surface area contributed by atoms with E-state index < -0.39 is 0 Å². The van der Waals surface area contributed by atoms with Gasteiger partial charge in [0.2, 0.25) is 11.8 Å². The maximum absolute atomic E-state index is 13.0. The van der Waals surface area contributed by atoms with Gasteiger partial charge in [0.25, 0.3) is 0 Å². The predicted molar refractivity (Wildman–Crippen MR) is 120 cm³/mol. The highest BCUT2D eigenvalue weighted by Gasteiger charge is 2.28. The molecule has 1 unspecified atom stereocenters. The first-order chi connectivity index (χ1) is 14.7. The maximum atomic E-state index is 13.0. The molecule has 2 fully saturated rings. The molecule has 5 heteroatoms. The predicted octanol–water partition coefficient (Wildman–Crippen LogP) is 3.22. The fourth-order valence-electron chi connectivity index (χ4n) is 4.80. The Kier molecular flexibility index (Phi) is 7.00. The number of carbonyl (C=O) groups is 2. The summed E-state index contributed by atoms with van der Waals surface area (Å²) >= 11 is 0. The van der Waals surface area contributed by atoms with Gasteiger partial charge in [0, 0.05) is 26.2 Å². The largest absolute Gasteiger partial charge is 0.355 e. The summed E-state index contributed by atoms with van der Waals surface area (Å²) in [6.45, 7) is 5.23. The number of hydrogen-bond acceptors (Lipinski definition) is 3. The van der Waals surface area contributed by atoms with E-state index in [1.165, 1.54) is 19.3 Å². The highest BCUT2D eigenvalue weighted by Crippen LogP contribution is 2.22. The van der Waals surface area contributed by atoms with Crippen LogP contribution in [-0.4, -0.2) is 60.9 Å². The number of nitrogens with zero attached hydrogens (tertiary/aromatic N) is 2. The van der Waals surface area contributed by atoms with Gasteiger partial charge in [-0.3, -0.25) is 9.59 Å². The van der Waals surface area contributed by atoms with Gasteiger partial charge in [-0.05, 0) is 55.1 Å². The molecular formula is C25H33N3O2. The highest BCUT2D eigenvalue weighted by molar-refractivity contribution is 5.90. The minimum absolute atomic E-state index is 0.0865. The lowest BCUT2D eigenvalue weighted by atomic mass is 9.96. The summed E-state index contributed by atoms with van der Waals surface area (Å²) in [6.07, 6.45) is 6.02. The smallest absolute Gasteiger partial charge is 0.227 e. The Morgan fingerprint density at radius 1 is 0.933 bits per heavy atom. The summed E-state index contributed by atoms with van der Waals surface area (Å²) in [7, 11) is 0. The lowest BCUT2D eigenvalue weighted by molar-refractivity contribution is -0.135. The van der Waals surface area contributed by atoms with Crippen LogP contribution in [0.4, 0.5) is 0 Å². The monoisotopic (exact) mass is 407 g/mol. The Morgan fingerprint density at radius 3 is 2.60 bits per heavy atom. The van der Waals surface area contributed by atoms with E-state index in [2.05, 4.69) is 28.4 Å². The van der Waals surface area contributed by atoms with Crippen molar-refractivity contribution < 1.29 is 9.59 Å². The fraction of sp³-hybridized carbons (Fsp3) is 0.520. The Bertz CT molecular complexity index is 870. The first-order valence-corrected chi connectivity index (χ1v) is 11.5. The second-order valence-corrected chi connectivity index (χ2v) is 8.69. The zero-order valence-corrected chi connectivity index (χ0v) is 17.8. The average Bonchev–Trinajstić information content (AvgIpc) is 2.80. The fourth-order valence-corrected chi connectivity index (χ4v) is 4.80. The minimum atomic E-state index is -0.0865. The van der Waals surface area contributed by atoms with Gasteiger partial charge in [-0.25, -0.2) is 0 Å². The molecule has 2 saturated heterocycles. The van der Waals surface area contributed by atoms with Crippen molar-refractivity contribution in [1.82, 2.24) is 15.1 Å². The van der Waals surface area contributed by atoms with Gasteiger partial charge in [0.05, 0.1) is 12.3 Å². The molecule has 0 radical (unpaired) electrons. The van der Waals surface area contributed by atoms with Crippen molar-refractivity contribution in [3.8, 4) is 0 Å². The summed E-state index contributed by atoms with van der Waals surface area (Å²) in [5.74, 6) is 0.142. The number of amides is 2. The maximum Gasteiger partial charge on any atom is 0.227 e. The average molecular weight is 408 g/mol. The summed E-state index contributed by atoms with van der Waals surface area (Å²) < 4.78 is 0. The Labute approximate surface area is 179 Å². The molecule has 2 aromatic rings. The lowest BCUT2D eigenvalue weighted by Gasteiger charge is -2.32. The summed E-state index contributed by atoms with van der Waals surface area (Å²) in [5, 5.41) is 5.41. The molecule has 2 heterocycles. The Morgan fingerprint density at radius 2 is 1.73 bits per heavy atom. The van der Waals surface area contributed by atoms with E-state index in [-0.39, 0.29) is 17.7 Å². The number of hydrogen-bond donors (Lipinski definition) is 1. The molecule has 0 aromatic heterocycles. The molecular weight excluding hydrogens is 374 g/mol. The number of carbonyl (C=O) groups excluding carboxylic acids is 2. The molecule has 0 spiro atoms. The van der Waals surface area contributed by atoms with Crippen LogP contribution in [0.15, 0.2) is 42.5 Å². The molecule has 4 rings (SSSR count). The number of piperidine rings is 2. The van der Waals surface area contributed by atoms with Crippen LogP contribution in [0.2, 0.25) is 0 Å². The van der Waals surface area contributed by atoms with Crippen molar-refractivity contribution >= 4 is 22.6 Å². The number of benzene rings is 2.